The van der Waals surface area contributed by atoms with Crippen LogP contribution in [0.4, 0.5) is 0 Å². The minimum Gasteiger partial charge on any atom is -0.357 e. The van der Waals surface area contributed by atoms with Crippen molar-refractivity contribution < 1.29 is 8.42 Å². The summed E-state index contributed by atoms with van der Waals surface area (Å²) in [6.07, 6.45) is 8.61. The first kappa shape index (κ1) is 22.3. The molecule has 5 nitrogen and oxygen atoms in total. The van der Waals surface area contributed by atoms with Gasteiger partial charge in [0.2, 0.25) is 0 Å². The standard InChI is InChI=1S/C16H31N3O2S2.HI/c1-3-17-15(18-10-7-13-23(2,20)21)19-11-12-22-16(14-19)8-5-4-6-9-16;/h3-14H2,1-2H3,(H,17,18);1H. The molecule has 2 fully saturated rings. The highest BCUT2D eigenvalue weighted by atomic mass is 127. The first-order valence-electron chi connectivity index (χ1n) is 8.79. The molecule has 1 saturated carbocycles. The van der Waals surface area contributed by atoms with Crippen LogP contribution in [-0.4, -0.2) is 68.0 Å². The average molecular weight is 489 g/mol. The summed E-state index contributed by atoms with van der Waals surface area (Å²) in [7, 11) is -2.89. The molecule has 142 valence electrons. The van der Waals surface area contributed by atoms with E-state index < -0.39 is 9.84 Å². The number of aliphatic imine (C=N–C) groups is 1. The highest BCUT2D eigenvalue weighted by Crippen LogP contribution is 2.42. The first-order valence-corrected chi connectivity index (χ1v) is 11.8. The molecule has 1 spiro atoms. The highest BCUT2D eigenvalue weighted by molar-refractivity contribution is 14.0. The Hall–Kier alpha value is 0.300. The van der Waals surface area contributed by atoms with Gasteiger partial charge in [0.05, 0.1) is 5.75 Å². The van der Waals surface area contributed by atoms with Gasteiger partial charge in [-0.3, -0.25) is 4.99 Å². The molecule has 0 atom stereocenters. The second kappa shape index (κ2) is 10.4. The third-order valence-corrected chi connectivity index (χ3v) is 7.15. The number of nitrogens with one attached hydrogen (secondary N) is 1. The van der Waals surface area contributed by atoms with Crippen molar-refractivity contribution in [2.24, 2.45) is 4.99 Å². The molecule has 1 saturated heterocycles. The van der Waals surface area contributed by atoms with Gasteiger partial charge in [-0.15, -0.1) is 24.0 Å². The lowest BCUT2D eigenvalue weighted by Gasteiger charge is -2.45. The number of hydrogen-bond acceptors (Lipinski definition) is 4. The van der Waals surface area contributed by atoms with E-state index in [9.17, 15) is 8.42 Å². The van der Waals surface area contributed by atoms with Crippen molar-refractivity contribution in [2.45, 2.75) is 50.2 Å². The second-order valence-corrected chi connectivity index (χ2v) is 10.6. The quantitative estimate of drug-likeness (QED) is 0.279. The van der Waals surface area contributed by atoms with Gasteiger partial charge in [0, 0.05) is 42.9 Å². The molecule has 8 heteroatoms. The number of halogens is 1. The van der Waals surface area contributed by atoms with Crippen LogP contribution in [0, 0.1) is 0 Å². The third-order valence-electron chi connectivity index (χ3n) is 4.58. The Kier molecular flexibility index (Phi) is 9.73. The van der Waals surface area contributed by atoms with Crippen LogP contribution in [0.25, 0.3) is 0 Å². The second-order valence-electron chi connectivity index (χ2n) is 6.73. The molecule has 0 aromatic rings. The van der Waals surface area contributed by atoms with Gasteiger partial charge in [-0.1, -0.05) is 19.3 Å². The zero-order valence-corrected chi connectivity index (χ0v) is 18.9. The van der Waals surface area contributed by atoms with Gasteiger partial charge in [0.15, 0.2) is 5.96 Å². The molecule has 0 bridgehead atoms. The normalized spacial score (nSPS) is 21.4. The maximum absolute atomic E-state index is 11.2. The molecule has 1 aliphatic carbocycles. The van der Waals surface area contributed by atoms with E-state index in [0.29, 0.717) is 17.7 Å². The minimum absolute atomic E-state index is 0. The molecule has 1 heterocycles. The first-order chi connectivity index (χ1) is 10.9. The Morgan fingerprint density at radius 1 is 1.29 bits per heavy atom. The summed E-state index contributed by atoms with van der Waals surface area (Å²) >= 11 is 2.15. The van der Waals surface area contributed by atoms with Gasteiger partial charge in [0.25, 0.3) is 0 Å². The van der Waals surface area contributed by atoms with E-state index in [-0.39, 0.29) is 29.7 Å². The molecule has 0 radical (unpaired) electrons. The van der Waals surface area contributed by atoms with Crippen LogP contribution >= 0.6 is 35.7 Å². The predicted octanol–water partition coefficient (Wildman–Crippen LogP) is 2.76. The van der Waals surface area contributed by atoms with Crippen molar-refractivity contribution >= 4 is 51.5 Å². The molecular formula is C16H32IN3O2S2. The maximum atomic E-state index is 11.2. The molecule has 2 aliphatic rings. The minimum atomic E-state index is -2.89. The molecule has 0 amide bonds. The summed E-state index contributed by atoms with van der Waals surface area (Å²) in [5, 5.41) is 3.39. The fourth-order valence-corrected chi connectivity index (χ4v) is 5.68. The maximum Gasteiger partial charge on any atom is 0.193 e. The largest absolute Gasteiger partial charge is 0.357 e. The molecule has 0 aromatic carbocycles. The third kappa shape index (κ3) is 7.27. The van der Waals surface area contributed by atoms with E-state index in [2.05, 4.69) is 33.9 Å². The number of sulfone groups is 1. The molecular weight excluding hydrogens is 457 g/mol. The Morgan fingerprint density at radius 3 is 2.62 bits per heavy atom. The van der Waals surface area contributed by atoms with Crippen molar-refractivity contribution in [3.05, 3.63) is 0 Å². The Morgan fingerprint density at radius 2 is 2.00 bits per heavy atom. The van der Waals surface area contributed by atoms with Crippen molar-refractivity contribution in [1.82, 2.24) is 10.2 Å². The summed E-state index contributed by atoms with van der Waals surface area (Å²) in [6.45, 7) is 5.62. The van der Waals surface area contributed by atoms with Gasteiger partial charge in [0.1, 0.15) is 9.84 Å². The predicted molar refractivity (Wildman–Crippen MR) is 116 cm³/mol. The van der Waals surface area contributed by atoms with Crippen molar-refractivity contribution in [2.75, 3.05) is 43.9 Å². The monoisotopic (exact) mass is 489 g/mol. The molecule has 0 unspecified atom stereocenters. The van der Waals surface area contributed by atoms with E-state index in [1.807, 2.05) is 0 Å². The van der Waals surface area contributed by atoms with E-state index in [4.69, 9.17) is 0 Å². The summed E-state index contributed by atoms with van der Waals surface area (Å²) < 4.78 is 22.9. The van der Waals surface area contributed by atoms with Crippen LogP contribution in [0.3, 0.4) is 0 Å². The van der Waals surface area contributed by atoms with Gasteiger partial charge in [-0.25, -0.2) is 8.42 Å². The van der Waals surface area contributed by atoms with E-state index >= 15 is 0 Å². The Bertz CT molecular complexity index is 500. The van der Waals surface area contributed by atoms with Crippen LogP contribution in [0.5, 0.6) is 0 Å². The van der Waals surface area contributed by atoms with Crippen LogP contribution < -0.4 is 5.32 Å². The number of thioether (sulfide) groups is 1. The topological polar surface area (TPSA) is 61.8 Å². The lowest BCUT2D eigenvalue weighted by Crippen LogP contribution is -2.53. The summed E-state index contributed by atoms with van der Waals surface area (Å²) in [5.74, 6) is 2.34. The summed E-state index contributed by atoms with van der Waals surface area (Å²) in [5.41, 5.74) is 0. The molecule has 2 rings (SSSR count). The summed E-state index contributed by atoms with van der Waals surface area (Å²) in [6, 6.07) is 0. The van der Waals surface area contributed by atoms with Crippen LogP contribution in [0.1, 0.15) is 45.4 Å². The molecule has 1 aliphatic heterocycles. The summed E-state index contributed by atoms with van der Waals surface area (Å²) in [4.78, 5) is 7.07. The van der Waals surface area contributed by atoms with Crippen LogP contribution in [-0.2, 0) is 9.84 Å². The van der Waals surface area contributed by atoms with Crippen molar-refractivity contribution in [3.63, 3.8) is 0 Å². The highest BCUT2D eigenvalue weighted by Gasteiger charge is 2.38. The van der Waals surface area contributed by atoms with Crippen LogP contribution in [0.2, 0.25) is 0 Å². The molecule has 1 N–H and O–H groups in total. The Balaban J connectivity index is 0.00000288. The van der Waals surface area contributed by atoms with Gasteiger partial charge >= 0.3 is 0 Å². The van der Waals surface area contributed by atoms with Gasteiger partial charge < -0.3 is 10.2 Å². The number of guanidine groups is 1. The number of hydrogen-bond donors (Lipinski definition) is 1. The van der Waals surface area contributed by atoms with Gasteiger partial charge in [-0.05, 0) is 26.2 Å². The van der Waals surface area contributed by atoms with E-state index in [1.54, 1.807) is 0 Å². The van der Waals surface area contributed by atoms with Crippen molar-refractivity contribution in [1.29, 1.82) is 0 Å². The van der Waals surface area contributed by atoms with E-state index in [1.165, 1.54) is 38.4 Å². The lowest BCUT2D eigenvalue weighted by molar-refractivity contribution is 0.293. The zero-order chi connectivity index (χ0) is 16.8. The zero-order valence-electron chi connectivity index (χ0n) is 14.9. The molecule has 24 heavy (non-hydrogen) atoms. The van der Waals surface area contributed by atoms with Crippen molar-refractivity contribution in [3.8, 4) is 0 Å². The SMILES string of the molecule is CCNC(=NCCCS(C)(=O)=O)N1CCSC2(CCCCC2)C1.I. The fraction of sp³-hybridized carbons (Fsp3) is 0.938. The average Bonchev–Trinajstić information content (AvgIpc) is 2.50. The van der Waals surface area contributed by atoms with Gasteiger partial charge in [-0.2, -0.15) is 11.8 Å². The number of rotatable bonds is 5. The van der Waals surface area contributed by atoms with Crippen LogP contribution in [0.15, 0.2) is 4.99 Å². The lowest BCUT2D eigenvalue weighted by atomic mass is 9.87. The fourth-order valence-electron chi connectivity index (χ4n) is 3.46. The molecule has 0 aromatic heterocycles. The number of nitrogens with zero attached hydrogens (tertiary/aromatic N) is 2. The van der Waals surface area contributed by atoms with E-state index in [0.717, 1.165) is 31.3 Å². The smallest absolute Gasteiger partial charge is 0.193 e. The Labute approximate surface area is 168 Å².